The van der Waals surface area contributed by atoms with Gasteiger partial charge in [0, 0.05) is 34.2 Å². The molecule has 1 aliphatic rings. The average molecular weight is 363 g/mol. The number of hydrogen-bond donors (Lipinski definition) is 1. The van der Waals surface area contributed by atoms with Gasteiger partial charge >= 0.3 is 6.18 Å². The predicted molar refractivity (Wildman–Crippen MR) is 77.1 cm³/mol. The summed E-state index contributed by atoms with van der Waals surface area (Å²) in [6.45, 7) is 0.552. The van der Waals surface area contributed by atoms with Gasteiger partial charge in [-0.1, -0.05) is 15.9 Å². The van der Waals surface area contributed by atoms with Crippen molar-refractivity contribution in [3.05, 3.63) is 34.4 Å². The molecule has 1 atom stereocenters. The lowest BCUT2D eigenvalue weighted by Gasteiger charge is -2.36. The third-order valence-electron chi connectivity index (χ3n) is 3.63. The van der Waals surface area contributed by atoms with E-state index in [1.54, 1.807) is 0 Å². The van der Waals surface area contributed by atoms with Crippen LogP contribution in [0.4, 0.5) is 13.2 Å². The molecule has 1 saturated heterocycles. The highest BCUT2D eigenvalue weighted by molar-refractivity contribution is 9.10. The minimum Gasteiger partial charge on any atom is -0.378 e. The Morgan fingerprint density at radius 3 is 2.90 bits per heavy atom. The third-order valence-corrected chi connectivity index (χ3v) is 4.12. The van der Waals surface area contributed by atoms with E-state index in [1.165, 1.54) is 4.90 Å². The highest BCUT2D eigenvalue weighted by atomic mass is 79.9. The molecule has 2 aromatic rings. The highest BCUT2D eigenvalue weighted by Crippen LogP contribution is 2.29. The van der Waals surface area contributed by atoms with Crippen molar-refractivity contribution >= 4 is 26.8 Å². The molecule has 0 spiro atoms. The maximum Gasteiger partial charge on any atom is 0.406 e. The molecule has 1 fully saturated rings. The Balaban J connectivity index is 1.82. The van der Waals surface area contributed by atoms with Crippen molar-refractivity contribution < 1.29 is 17.9 Å². The number of benzene rings is 1. The van der Waals surface area contributed by atoms with Crippen molar-refractivity contribution in [2.45, 2.75) is 18.8 Å². The molecule has 3 nitrogen and oxygen atoms in total. The van der Waals surface area contributed by atoms with Gasteiger partial charge in [-0.25, -0.2) is 0 Å². The Bertz CT molecular complexity index is 641. The number of hydrogen-bond acceptors (Lipinski definition) is 2. The lowest BCUT2D eigenvalue weighted by atomic mass is 10.2. The lowest BCUT2D eigenvalue weighted by Crippen LogP contribution is -2.52. The molecule has 0 amide bonds. The van der Waals surface area contributed by atoms with E-state index in [1.807, 2.05) is 24.3 Å². The number of rotatable bonds is 2. The number of halogens is 4. The second kappa shape index (κ2) is 5.62. The van der Waals surface area contributed by atoms with Crippen molar-refractivity contribution in [1.29, 1.82) is 0 Å². The number of aromatic amines is 1. The maximum atomic E-state index is 13.0. The van der Waals surface area contributed by atoms with Crippen LogP contribution in [0.25, 0.3) is 10.9 Å². The van der Waals surface area contributed by atoms with Crippen LogP contribution in [-0.2, 0) is 11.3 Å². The SMILES string of the molecule is FC(F)(F)C1COCCN1Cc1cc2cc(Br)ccc2[nH]1. The van der Waals surface area contributed by atoms with E-state index >= 15 is 0 Å². The Labute approximate surface area is 128 Å². The van der Waals surface area contributed by atoms with Crippen LogP contribution in [0.5, 0.6) is 0 Å². The van der Waals surface area contributed by atoms with Gasteiger partial charge in [0.05, 0.1) is 13.2 Å². The first-order valence-corrected chi connectivity index (χ1v) is 7.38. The number of alkyl halides is 3. The van der Waals surface area contributed by atoms with Crippen LogP contribution in [0.15, 0.2) is 28.7 Å². The molecule has 1 aromatic heterocycles. The first-order valence-electron chi connectivity index (χ1n) is 6.59. The van der Waals surface area contributed by atoms with E-state index in [9.17, 15) is 13.2 Å². The summed E-state index contributed by atoms with van der Waals surface area (Å²) in [5, 5.41) is 0.983. The van der Waals surface area contributed by atoms with Gasteiger partial charge in [-0.05, 0) is 24.3 Å². The van der Waals surface area contributed by atoms with Gasteiger partial charge in [-0.2, -0.15) is 13.2 Å². The van der Waals surface area contributed by atoms with Crippen LogP contribution in [0, 0.1) is 0 Å². The summed E-state index contributed by atoms with van der Waals surface area (Å²) in [6, 6.07) is 6.10. The molecule has 114 valence electrons. The summed E-state index contributed by atoms with van der Waals surface area (Å²) in [7, 11) is 0. The molecule has 21 heavy (non-hydrogen) atoms. The van der Waals surface area contributed by atoms with Crippen molar-refractivity contribution in [3.8, 4) is 0 Å². The fraction of sp³-hybridized carbons (Fsp3) is 0.429. The molecule has 0 saturated carbocycles. The molecule has 7 heteroatoms. The Morgan fingerprint density at radius 2 is 2.14 bits per heavy atom. The first-order chi connectivity index (χ1) is 9.93. The van der Waals surface area contributed by atoms with Crippen LogP contribution >= 0.6 is 15.9 Å². The standard InChI is InChI=1S/C14H14BrF3N2O/c15-10-1-2-12-9(5-10)6-11(19-12)7-20-3-4-21-8-13(20)14(16,17)18/h1-2,5-6,13,19H,3-4,7-8H2. The van der Waals surface area contributed by atoms with E-state index in [2.05, 4.69) is 20.9 Å². The molecule has 1 aliphatic heterocycles. The van der Waals surface area contributed by atoms with E-state index in [0.717, 1.165) is 21.1 Å². The molecule has 3 rings (SSSR count). The number of nitrogens with zero attached hydrogens (tertiary/aromatic N) is 1. The molecule has 1 N–H and O–H groups in total. The van der Waals surface area contributed by atoms with Gasteiger partial charge in [0.1, 0.15) is 6.04 Å². The van der Waals surface area contributed by atoms with Gasteiger partial charge in [-0.15, -0.1) is 0 Å². The Kier molecular flexibility index (Phi) is 3.98. The van der Waals surface area contributed by atoms with E-state index in [4.69, 9.17) is 4.74 Å². The molecule has 1 unspecified atom stereocenters. The zero-order valence-corrected chi connectivity index (χ0v) is 12.7. The number of aromatic nitrogens is 1. The summed E-state index contributed by atoms with van der Waals surface area (Å²) in [5.41, 5.74) is 1.70. The Hall–Kier alpha value is -1.05. The number of nitrogens with one attached hydrogen (secondary N) is 1. The van der Waals surface area contributed by atoms with Crippen LogP contribution in [-0.4, -0.2) is 41.9 Å². The van der Waals surface area contributed by atoms with Gasteiger partial charge < -0.3 is 9.72 Å². The van der Waals surface area contributed by atoms with Crippen LogP contribution < -0.4 is 0 Å². The molecule has 1 aromatic carbocycles. The van der Waals surface area contributed by atoms with Gasteiger partial charge in [-0.3, -0.25) is 4.90 Å². The van der Waals surface area contributed by atoms with Crippen LogP contribution in [0.3, 0.4) is 0 Å². The zero-order chi connectivity index (χ0) is 15.0. The molecule has 0 bridgehead atoms. The van der Waals surface area contributed by atoms with E-state index in [-0.39, 0.29) is 19.7 Å². The largest absolute Gasteiger partial charge is 0.406 e. The molecule has 0 aliphatic carbocycles. The number of morpholine rings is 1. The minimum absolute atomic E-state index is 0.236. The minimum atomic E-state index is -4.27. The van der Waals surface area contributed by atoms with Crippen LogP contribution in [0.2, 0.25) is 0 Å². The van der Waals surface area contributed by atoms with Crippen molar-refractivity contribution in [3.63, 3.8) is 0 Å². The number of fused-ring (bicyclic) bond motifs is 1. The van der Waals surface area contributed by atoms with Crippen molar-refractivity contribution in [2.75, 3.05) is 19.8 Å². The second-order valence-electron chi connectivity index (χ2n) is 5.13. The summed E-state index contributed by atoms with van der Waals surface area (Å²) in [4.78, 5) is 4.59. The Morgan fingerprint density at radius 1 is 1.33 bits per heavy atom. The number of H-pyrrole nitrogens is 1. The monoisotopic (exact) mass is 362 g/mol. The maximum absolute atomic E-state index is 13.0. The highest BCUT2D eigenvalue weighted by Gasteiger charge is 2.45. The predicted octanol–water partition coefficient (Wildman–Crippen LogP) is 3.69. The van der Waals surface area contributed by atoms with Crippen molar-refractivity contribution in [1.82, 2.24) is 9.88 Å². The fourth-order valence-corrected chi connectivity index (χ4v) is 2.98. The zero-order valence-electron chi connectivity index (χ0n) is 11.1. The number of ether oxygens (including phenoxy) is 1. The van der Waals surface area contributed by atoms with Gasteiger partial charge in [0.25, 0.3) is 0 Å². The average Bonchev–Trinajstić information content (AvgIpc) is 2.79. The third kappa shape index (κ3) is 3.25. The topological polar surface area (TPSA) is 28.3 Å². The normalized spacial score (nSPS) is 21.0. The van der Waals surface area contributed by atoms with Gasteiger partial charge in [0.2, 0.25) is 0 Å². The smallest absolute Gasteiger partial charge is 0.378 e. The molecular weight excluding hydrogens is 349 g/mol. The molecule has 2 heterocycles. The summed E-state index contributed by atoms with van der Waals surface area (Å²) >= 11 is 3.39. The quantitative estimate of drug-likeness (QED) is 0.882. The van der Waals surface area contributed by atoms with Crippen LogP contribution in [0.1, 0.15) is 5.69 Å². The van der Waals surface area contributed by atoms with Crippen molar-refractivity contribution in [2.24, 2.45) is 0 Å². The summed E-state index contributed by atoms with van der Waals surface area (Å²) in [5.74, 6) is 0. The first kappa shape index (κ1) is 14.9. The van der Waals surface area contributed by atoms with Gasteiger partial charge in [0.15, 0.2) is 0 Å². The van der Waals surface area contributed by atoms with E-state index in [0.29, 0.717) is 6.61 Å². The summed E-state index contributed by atoms with van der Waals surface area (Å²) < 4.78 is 45.0. The lowest BCUT2D eigenvalue weighted by molar-refractivity contribution is -0.213. The molecular formula is C14H14BrF3N2O. The molecule has 0 radical (unpaired) electrons. The fourth-order valence-electron chi connectivity index (χ4n) is 2.60. The van der Waals surface area contributed by atoms with E-state index < -0.39 is 12.2 Å². The second-order valence-corrected chi connectivity index (χ2v) is 6.04. The summed E-state index contributed by atoms with van der Waals surface area (Å²) in [6.07, 6.45) is -4.27.